The Hall–Kier alpha value is -3.56. The Morgan fingerprint density at radius 2 is 1.91 bits per heavy atom. The number of alkyl halides is 3. The first kappa shape index (κ1) is 21.7. The largest absolute Gasteiger partial charge is 0.472 e. The van der Waals surface area contributed by atoms with E-state index in [0.29, 0.717) is 36.5 Å². The second-order valence-electron chi connectivity index (χ2n) is 7.44. The number of ether oxygens (including phenoxy) is 1. The van der Waals surface area contributed by atoms with Crippen LogP contribution in [0.15, 0.2) is 48.9 Å². The molecular formula is C22H20F3N5O2. The third-order valence-corrected chi connectivity index (χ3v) is 5.06. The summed E-state index contributed by atoms with van der Waals surface area (Å²) in [5.41, 5.74) is 0.636. The second kappa shape index (κ2) is 8.89. The van der Waals surface area contributed by atoms with Crippen molar-refractivity contribution in [2.24, 2.45) is 0 Å². The highest BCUT2D eigenvalue weighted by Crippen LogP contribution is 2.30. The van der Waals surface area contributed by atoms with Gasteiger partial charge in [0, 0.05) is 36.9 Å². The van der Waals surface area contributed by atoms with E-state index >= 15 is 0 Å². The summed E-state index contributed by atoms with van der Waals surface area (Å²) in [5, 5.41) is 0. The molecule has 1 amide bonds. The van der Waals surface area contributed by atoms with Gasteiger partial charge >= 0.3 is 6.18 Å². The molecule has 0 bridgehead atoms. The number of pyridine rings is 2. The maximum Gasteiger partial charge on any atom is 0.417 e. The van der Waals surface area contributed by atoms with Gasteiger partial charge in [-0.25, -0.2) is 19.9 Å². The predicted molar refractivity (Wildman–Crippen MR) is 109 cm³/mol. The predicted octanol–water partition coefficient (Wildman–Crippen LogP) is 3.94. The molecule has 0 unspecified atom stereocenters. The van der Waals surface area contributed by atoms with Crippen LogP contribution in [0.2, 0.25) is 0 Å². The number of nitrogens with zero attached hydrogens (tertiary/aromatic N) is 5. The Bertz CT molecular complexity index is 1090. The van der Waals surface area contributed by atoms with Crippen molar-refractivity contribution in [2.75, 3.05) is 13.1 Å². The van der Waals surface area contributed by atoms with Crippen molar-refractivity contribution >= 4 is 5.91 Å². The SMILES string of the molecule is Cc1ccc(-c2ncccn2)c(C(=O)N2CCC[C@@H](Oc3ccc(C(F)(F)F)cn3)C2)n1. The lowest BCUT2D eigenvalue weighted by Gasteiger charge is -2.32. The van der Waals surface area contributed by atoms with Crippen molar-refractivity contribution in [3.05, 3.63) is 65.9 Å². The van der Waals surface area contributed by atoms with Crippen LogP contribution in [0.1, 0.15) is 34.6 Å². The Morgan fingerprint density at radius 3 is 2.59 bits per heavy atom. The molecule has 1 aliphatic rings. The molecule has 0 N–H and O–H groups in total. The molecule has 4 heterocycles. The van der Waals surface area contributed by atoms with Gasteiger partial charge in [0.15, 0.2) is 5.82 Å². The minimum Gasteiger partial charge on any atom is -0.472 e. The van der Waals surface area contributed by atoms with E-state index in [0.717, 1.165) is 12.3 Å². The molecular weight excluding hydrogens is 423 g/mol. The molecule has 0 aromatic carbocycles. The van der Waals surface area contributed by atoms with Crippen LogP contribution in [0, 0.1) is 6.92 Å². The molecule has 1 atom stereocenters. The summed E-state index contributed by atoms with van der Waals surface area (Å²) in [4.78, 5) is 31.6. The summed E-state index contributed by atoms with van der Waals surface area (Å²) in [6.07, 6.45) is 0.418. The number of hydrogen-bond acceptors (Lipinski definition) is 6. The number of aromatic nitrogens is 4. The Labute approximate surface area is 182 Å². The molecule has 3 aromatic rings. The van der Waals surface area contributed by atoms with Gasteiger partial charge in [0.1, 0.15) is 11.8 Å². The highest BCUT2D eigenvalue weighted by atomic mass is 19.4. The quantitative estimate of drug-likeness (QED) is 0.608. The van der Waals surface area contributed by atoms with E-state index in [1.165, 1.54) is 6.07 Å². The van der Waals surface area contributed by atoms with Crippen molar-refractivity contribution in [1.82, 2.24) is 24.8 Å². The van der Waals surface area contributed by atoms with E-state index in [1.54, 1.807) is 42.4 Å². The number of hydrogen-bond donors (Lipinski definition) is 0. The standard InChI is InChI=1S/C22H20F3N5O2/c1-14-5-7-17(20-26-9-3-10-27-20)19(29-14)21(31)30-11-2-4-16(13-30)32-18-8-6-15(12-28-18)22(23,24)25/h3,5-10,12,16H,2,4,11,13H2,1H3/t16-/m1/s1. The van der Waals surface area contributed by atoms with Crippen LogP contribution in [0.4, 0.5) is 13.2 Å². The highest BCUT2D eigenvalue weighted by Gasteiger charge is 2.32. The van der Waals surface area contributed by atoms with Gasteiger partial charge in [-0.2, -0.15) is 13.2 Å². The lowest BCUT2D eigenvalue weighted by Crippen LogP contribution is -2.44. The van der Waals surface area contributed by atoms with Crippen molar-refractivity contribution in [1.29, 1.82) is 0 Å². The number of aryl methyl sites for hydroxylation is 1. The van der Waals surface area contributed by atoms with Gasteiger partial charge in [0.2, 0.25) is 5.88 Å². The highest BCUT2D eigenvalue weighted by molar-refractivity contribution is 5.98. The van der Waals surface area contributed by atoms with E-state index in [1.807, 2.05) is 0 Å². The number of rotatable bonds is 4. The fourth-order valence-electron chi connectivity index (χ4n) is 3.50. The van der Waals surface area contributed by atoms with Crippen LogP contribution >= 0.6 is 0 Å². The maximum atomic E-state index is 13.3. The molecule has 7 nitrogen and oxygen atoms in total. The van der Waals surface area contributed by atoms with E-state index in [9.17, 15) is 18.0 Å². The van der Waals surface area contributed by atoms with Crippen LogP contribution in [-0.2, 0) is 6.18 Å². The number of halogens is 3. The van der Waals surface area contributed by atoms with Gasteiger partial charge in [0.05, 0.1) is 17.7 Å². The minimum absolute atomic E-state index is 0.0874. The fraction of sp³-hybridized carbons (Fsp3) is 0.318. The molecule has 1 fully saturated rings. The number of carbonyl (C=O) groups excluding carboxylic acids is 1. The zero-order chi connectivity index (χ0) is 22.7. The molecule has 4 rings (SSSR count). The van der Waals surface area contributed by atoms with Gasteiger partial charge in [-0.3, -0.25) is 4.79 Å². The van der Waals surface area contributed by atoms with Crippen LogP contribution in [0.3, 0.4) is 0 Å². The summed E-state index contributed by atoms with van der Waals surface area (Å²) < 4.78 is 43.9. The van der Waals surface area contributed by atoms with E-state index in [4.69, 9.17) is 4.74 Å². The molecule has 0 aliphatic carbocycles. The maximum absolute atomic E-state index is 13.3. The van der Waals surface area contributed by atoms with Gasteiger partial charge in [0.25, 0.3) is 5.91 Å². The van der Waals surface area contributed by atoms with E-state index in [2.05, 4.69) is 19.9 Å². The molecule has 166 valence electrons. The topological polar surface area (TPSA) is 81.1 Å². The summed E-state index contributed by atoms with van der Waals surface area (Å²) >= 11 is 0. The van der Waals surface area contributed by atoms with Crippen molar-refractivity contribution in [3.8, 4) is 17.3 Å². The monoisotopic (exact) mass is 443 g/mol. The number of amides is 1. The van der Waals surface area contributed by atoms with E-state index < -0.39 is 17.8 Å². The lowest BCUT2D eigenvalue weighted by molar-refractivity contribution is -0.137. The molecule has 3 aromatic heterocycles. The molecule has 0 radical (unpaired) electrons. The first-order valence-corrected chi connectivity index (χ1v) is 10.1. The molecule has 0 spiro atoms. The summed E-state index contributed by atoms with van der Waals surface area (Å²) in [6.45, 7) is 2.58. The summed E-state index contributed by atoms with van der Waals surface area (Å²) in [5.74, 6) is 0.219. The average Bonchev–Trinajstić information content (AvgIpc) is 2.79. The third kappa shape index (κ3) is 4.84. The van der Waals surface area contributed by atoms with Crippen molar-refractivity contribution in [3.63, 3.8) is 0 Å². The van der Waals surface area contributed by atoms with Crippen LogP contribution < -0.4 is 4.74 Å². The normalized spacial score (nSPS) is 16.6. The van der Waals surface area contributed by atoms with Gasteiger partial charge in [-0.05, 0) is 44.0 Å². The number of likely N-dealkylation sites (tertiary alicyclic amines) is 1. The summed E-state index contributed by atoms with van der Waals surface area (Å²) in [6, 6.07) is 7.37. The number of piperidine rings is 1. The molecule has 0 saturated carbocycles. The van der Waals surface area contributed by atoms with Gasteiger partial charge < -0.3 is 9.64 Å². The minimum atomic E-state index is -4.46. The van der Waals surface area contributed by atoms with Crippen molar-refractivity contribution in [2.45, 2.75) is 32.0 Å². The number of carbonyl (C=O) groups is 1. The summed E-state index contributed by atoms with van der Waals surface area (Å²) in [7, 11) is 0. The Balaban J connectivity index is 1.50. The lowest BCUT2D eigenvalue weighted by atomic mass is 10.1. The smallest absolute Gasteiger partial charge is 0.417 e. The Morgan fingerprint density at radius 1 is 1.12 bits per heavy atom. The second-order valence-corrected chi connectivity index (χ2v) is 7.44. The third-order valence-electron chi connectivity index (χ3n) is 5.06. The van der Waals surface area contributed by atoms with Crippen LogP contribution in [-0.4, -0.2) is 49.9 Å². The zero-order valence-electron chi connectivity index (χ0n) is 17.2. The molecule has 10 heteroatoms. The van der Waals surface area contributed by atoms with Gasteiger partial charge in [-0.15, -0.1) is 0 Å². The van der Waals surface area contributed by atoms with E-state index in [-0.39, 0.29) is 24.0 Å². The molecule has 1 saturated heterocycles. The molecule has 1 aliphatic heterocycles. The Kier molecular flexibility index (Phi) is 6.02. The van der Waals surface area contributed by atoms with Crippen LogP contribution in [0.25, 0.3) is 11.4 Å². The zero-order valence-corrected chi connectivity index (χ0v) is 17.2. The van der Waals surface area contributed by atoms with Gasteiger partial charge in [-0.1, -0.05) is 0 Å². The first-order valence-electron chi connectivity index (χ1n) is 10.1. The van der Waals surface area contributed by atoms with Crippen molar-refractivity contribution < 1.29 is 22.7 Å². The average molecular weight is 443 g/mol. The first-order chi connectivity index (χ1) is 15.3. The fourth-order valence-corrected chi connectivity index (χ4v) is 3.50. The molecule has 32 heavy (non-hydrogen) atoms. The van der Waals surface area contributed by atoms with Crippen LogP contribution in [0.5, 0.6) is 5.88 Å².